The first-order valence-corrected chi connectivity index (χ1v) is 9.74. The van der Waals surface area contributed by atoms with Gasteiger partial charge in [0.2, 0.25) is 5.69 Å². The first-order valence-electron chi connectivity index (χ1n) is 8.24. The monoisotopic (exact) mass is 346 g/mol. The Hall–Kier alpha value is -1.72. The van der Waals surface area contributed by atoms with Crippen LogP contribution >= 0.6 is 0 Å². The van der Waals surface area contributed by atoms with Crippen molar-refractivity contribution >= 4 is 32.3 Å². The van der Waals surface area contributed by atoms with Crippen molar-refractivity contribution < 1.29 is 17.5 Å². The van der Waals surface area contributed by atoms with Crippen molar-refractivity contribution in [2.24, 2.45) is 0 Å². The lowest BCUT2D eigenvalue weighted by molar-refractivity contribution is -0.439. The van der Waals surface area contributed by atoms with Gasteiger partial charge in [0, 0.05) is 25.0 Å². The summed E-state index contributed by atoms with van der Waals surface area (Å²) in [5, 5.41) is 1.69. The fraction of sp³-hybridized carbons (Fsp3) is 0.421. The minimum absolute atomic E-state index is 0.114. The highest BCUT2D eigenvalue weighted by atomic mass is 32.2. The van der Waals surface area contributed by atoms with Gasteiger partial charge in [0.15, 0.2) is 5.71 Å². The van der Waals surface area contributed by atoms with Gasteiger partial charge in [-0.2, -0.15) is 13.0 Å². The van der Waals surface area contributed by atoms with Crippen LogP contribution in [-0.4, -0.2) is 35.1 Å². The molecule has 3 rings (SSSR count). The first kappa shape index (κ1) is 17.1. The zero-order valence-corrected chi connectivity index (χ0v) is 15.4. The molecule has 1 atom stereocenters. The van der Waals surface area contributed by atoms with Gasteiger partial charge in [-0.05, 0) is 37.6 Å². The van der Waals surface area contributed by atoms with E-state index in [1.807, 2.05) is 6.07 Å². The molecule has 2 aromatic rings. The minimum Gasteiger partial charge on any atom is -0.285 e. The summed E-state index contributed by atoms with van der Waals surface area (Å²) in [5.74, 6) is 0. The van der Waals surface area contributed by atoms with Crippen molar-refractivity contribution in [2.75, 3.05) is 6.54 Å². The molecule has 1 aliphatic heterocycles. The third kappa shape index (κ3) is 2.66. The number of nitrogens with zero attached hydrogens (tertiary/aromatic N) is 1. The summed E-state index contributed by atoms with van der Waals surface area (Å²) < 4.78 is 34.0. The molecule has 0 saturated heterocycles. The fourth-order valence-corrected chi connectivity index (χ4v) is 3.99. The van der Waals surface area contributed by atoms with Crippen LogP contribution in [0.5, 0.6) is 0 Å². The van der Waals surface area contributed by atoms with Gasteiger partial charge in [0.1, 0.15) is 6.54 Å². The average molecular weight is 346 g/mol. The normalized spacial score (nSPS) is 18.0. The van der Waals surface area contributed by atoms with Gasteiger partial charge in [0.05, 0.1) is 10.7 Å². The summed E-state index contributed by atoms with van der Waals surface area (Å²) in [6.45, 7) is 8.64. The van der Waals surface area contributed by atoms with Crippen LogP contribution < -0.4 is 0 Å². The van der Waals surface area contributed by atoms with E-state index in [9.17, 15) is 13.0 Å². The largest absolute Gasteiger partial charge is 0.285 e. The summed E-state index contributed by atoms with van der Waals surface area (Å²) >= 11 is 0. The molecule has 0 fully saturated rings. The summed E-state index contributed by atoms with van der Waals surface area (Å²) in [7, 11) is -3.99. The lowest BCUT2D eigenvalue weighted by atomic mass is 9.80. The maximum atomic E-state index is 11.3. The number of fused-ring (bicyclic) bond motifs is 3. The summed E-state index contributed by atoms with van der Waals surface area (Å²) in [6.07, 6.45) is 0.387. The molecule has 5 heteroatoms. The Kier molecular flexibility index (Phi) is 4.04. The van der Waals surface area contributed by atoms with Gasteiger partial charge in [-0.1, -0.05) is 24.3 Å². The maximum Gasteiger partial charge on any atom is 0.267 e. The summed E-state index contributed by atoms with van der Waals surface area (Å²) in [4.78, 5) is 0. The second-order valence-corrected chi connectivity index (χ2v) is 8.99. The average Bonchev–Trinajstić information content (AvgIpc) is 2.71. The number of benzene rings is 2. The van der Waals surface area contributed by atoms with Crippen LogP contribution in [0.2, 0.25) is 0 Å². The molecule has 0 spiro atoms. The van der Waals surface area contributed by atoms with E-state index in [4.69, 9.17) is 0 Å². The predicted octanol–water partition coefficient (Wildman–Crippen LogP) is 3.90. The van der Waals surface area contributed by atoms with Crippen LogP contribution in [0, 0.1) is 0 Å². The lowest BCUT2D eigenvalue weighted by Crippen LogP contribution is -2.28. The van der Waals surface area contributed by atoms with Crippen molar-refractivity contribution in [3.8, 4) is 0 Å². The topological polar surface area (TPSA) is 57.4 Å². The second-order valence-electron chi connectivity index (χ2n) is 7.16. The molecule has 0 bridgehead atoms. The number of rotatable bonds is 4. The Labute approximate surface area is 143 Å². The highest BCUT2D eigenvalue weighted by Crippen LogP contribution is 2.43. The molecule has 1 heterocycles. The summed E-state index contributed by atoms with van der Waals surface area (Å²) in [6, 6.07) is 12.6. The molecule has 2 aromatic carbocycles. The molecule has 24 heavy (non-hydrogen) atoms. The van der Waals surface area contributed by atoms with E-state index >= 15 is 0 Å². The van der Waals surface area contributed by atoms with E-state index in [0.29, 0.717) is 13.0 Å². The lowest BCUT2D eigenvalue weighted by Gasteiger charge is -2.17. The second kappa shape index (κ2) is 5.67. The van der Waals surface area contributed by atoms with Crippen molar-refractivity contribution in [3.63, 3.8) is 0 Å². The number of hydrogen-bond acceptors (Lipinski definition) is 2. The maximum absolute atomic E-state index is 11.3. The Morgan fingerprint density at radius 2 is 1.83 bits per heavy atom. The minimum atomic E-state index is -3.99. The van der Waals surface area contributed by atoms with Gasteiger partial charge in [-0.25, -0.2) is 0 Å². The Morgan fingerprint density at radius 1 is 1.17 bits per heavy atom. The Morgan fingerprint density at radius 3 is 2.50 bits per heavy atom. The van der Waals surface area contributed by atoms with Gasteiger partial charge in [-0.3, -0.25) is 4.55 Å². The molecule has 0 amide bonds. The van der Waals surface area contributed by atoms with Gasteiger partial charge < -0.3 is 0 Å². The Balaban J connectivity index is 2.07. The van der Waals surface area contributed by atoms with E-state index in [1.54, 1.807) is 6.92 Å². The van der Waals surface area contributed by atoms with Crippen LogP contribution in [0.4, 0.5) is 5.69 Å². The fourth-order valence-electron chi connectivity index (χ4n) is 3.59. The van der Waals surface area contributed by atoms with Gasteiger partial charge >= 0.3 is 0 Å². The molecule has 128 valence electrons. The molecule has 0 radical (unpaired) electrons. The highest BCUT2D eigenvalue weighted by molar-refractivity contribution is 7.86. The molecule has 0 aromatic heterocycles. The molecule has 1 aliphatic rings. The van der Waals surface area contributed by atoms with Crippen LogP contribution in [-0.2, 0) is 15.5 Å². The molecule has 4 nitrogen and oxygen atoms in total. The van der Waals surface area contributed by atoms with E-state index in [2.05, 4.69) is 55.7 Å². The molecule has 0 saturated carbocycles. The van der Waals surface area contributed by atoms with Crippen molar-refractivity contribution in [3.05, 3.63) is 42.0 Å². The van der Waals surface area contributed by atoms with E-state index in [1.165, 1.54) is 22.0 Å². The van der Waals surface area contributed by atoms with Gasteiger partial charge in [0.25, 0.3) is 10.1 Å². The third-order valence-corrected chi connectivity index (χ3v) is 6.65. The SMILES string of the molecule is CC1=[N+](CCC(C)S(=O)(=O)O)c2ccc3ccccc3c2C1(C)C. The van der Waals surface area contributed by atoms with Crippen LogP contribution in [0.15, 0.2) is 36.4 Å². The zero-order valence-electron chi connectivity index (χ0n) is 14.6. The first-order chi connectivity index (χ1) is 11.1. The third-order valence-electron chi connectivity index (χ3n) is 5.40. The standard InChI is InChI=1S/C19H23NO3S/c1-13(24(21,22)23)11-12-20-14(2)19(3,4)18-16-8-6-5-7-15(16)9-10-17(18)20/h5-10,13H,11-12H2,1-4H3/p+1. The van der Waals surface area contributed by atoms with Crippen molar-refractivity contribution in [2.45, 2.75) is 44.8 Å². The van der Waals surface area contributed by atoms with Gasteiger partial charge in [-0.15, -0.1) is 0 Å². The van der Waals surface area contributed by atoms with Crippen molar-refractivity contribution in [1.29, 1.82) is 0 Å². The molecular formula is C19H24NO3S+. The zero-order chi connectivity index (χ0) is 17.7. The van der Waals surface area contributed by atoms with E-state index in [-0.39, 0.29) is 5.41 Å². The van der Waals surface area contributed by atoms with Crippen molar-refractivity contribution in [1.82, 2.24) is 0 Å². The van der Waals surface area contributed by atoms with Crippen LogP contribution in [0.1, 0.15) is 39.7 Å². The van der Waals surface area contributed by atoms with Crippen LogP contribution in [0.25, 0.3) is 10.8 Å². The Bertz CT molecular complexity index is 942. The molecule has 0 aliphatic carbocycles. The predicted molar refractivity (Wildman–Crippen MR) is 98.1 cm³/mol. The molecule has 1 N–H and O–H groups in total. The molecular weight excluding hydrogens is 322 g/mol. The highest BCUT2D eigenvalue weighted by Gasteiger charge is 2.44. The van der Waals surface area contributed by atoms with Crippen LogP contribution in [0.3, 0.4) is 0 Å². The molecule has 1 unspecified atom stereocenters. The van der Waals surface area contributed by atoms with E-state index in [0.717, 1.165) is 5.69 Å². The van der Waals surface area contributed by atoms with E-state index < -0.39 is 15.4 Å². The number of hydrogen-bond donors (Lipinski definition) is 1. The summed E-state index contributed by atoms with van der Waals surface area (Å²) in [5.41, 5.74) is 3.52. The smallest absolute Gasteiger partial charge is 0.267 e. The quantitative estimate of drug-likeness (QED) is 0.675.